The van der Waals surface area contributed by atoms with Gasteiger partial charge in [-0.25, -0.2) is 13.5 Å². The number of benzene rings is 2. The van der Waals surface area contributed by atoms with Crippen molar-refractivity contribution >= 4 is 34.1 Å². The lowest BCUT2D eigenvalue weighted by Crippen LogP contribution is -2.53. The summed E-state index contributed by atoms with van der Waals surface area (Å²) in [7, 11) is -2.08. The van der Waals surface area contributed by atoms with Gasteiger partial charge in [0.25, 0.3) is 0 Å². The number of ether oxygens (including phenoxy) is 1. The van der Waals surface area contributed by atoms with Crippen LogP contribution < -0.4 is 19.2 Å². The van der Waals surface area contributed by atoms with Gasteiger partial charge in [-0.05, 0) is 69.5 Å². The molecule has 2 atom stereocenters. The maximum Gasteiger partial charge on any atom is 0.408 e. The molecule has 2 aromatic carbocycles. The first-order valence-electron chi connectivity index (χ1n) is 10.5. The minimum atomic E-state index is -3.65. The Bertz CT molecular complexity index is 987. The summed E-state index contributed by atoms with van der Waals surface area (Å²) < 4.78 is 44.6. The highest BCUT2D eigenvalue weighted by molar-refractivity contribution is 8.27. The lowest BCUT2D eigenvalue weighted by molar-refractivity contribution is 0.0390. The summed E-state index contributed by atoms with van der Waals surface area (Å²) in [6, 6.07) is 12.7. The fourth-order valence-corrected chi connectivity index (χ4v) is 5.34. The SMILES string of the molecule is CNC(NC(=O)OC(C)(C)C)C(O)CCN1c2ccccc2N(c2ccccc2F)S1(O)O. The molecule has 1 amide bonds. The van der Waals surface area contributed by atoms with E-state index in [-0.39, 0.29) is 18.7 Å². The molecule has 1 aliphatic rings. The third kappa shape index (κ3) is 5.50. The number of aliphatic hydroxyl groups is 1. The molecule has 3 rings (SSSR count). The minimum Gasteiger partial charge on any atom is -0.444 e. The third-order valence-electron chi connectivity index (χ3n) is 4.98. The Labute approximate surface area is 194 Å². The lowest BCUT2D eigenvalue weighted by atomic mass is 10.2. The quantitative estimate of drug-likeness (QED) is 0.373. The third-order valence-corrected chi connectivity index (χ3v) is 6.83. The number of carbonyl (C=O) groups is 1. The molecule has 0 aromatic heterocycles. The molecule has 0 aliphatic carbocycles. The second-order valence-corrected chi connectivity index (χ2v) is 10.4. The van der Waals surface area contributed by atoms with E-state index in [4.69, 9.17) is 4.74 Å². The van der Waals surface area contributed by atoms with Crippen molar-refractivity contribution in [2.75, 3.05) is 22.2 Å². The van der Waals surface area contributed by atoms with E-state index >= 15 is 0 Å². The van der Waals surface area contributed by atoms with E-state index in [2.05, 4.69) is 10.6 Å². The largest absolute Gasteiger partial charge is 0.444 e. The van der Waals surface area contributed by atoms with Gasteiger partial charge in [-0.15, -0.1) is 0 Å². The summed E-state index contributed by atoms with van der Waals surface area (Å²) >= 11 is 0. The molecule has 0 bridgehead atoms. The topological polar surface area (TPSA) is 118 Å². The molecule has 2 unspecified atom stereocenters. The molecule has 0 saturated heterocycles. The highest BCUT2D eigenvalue weighted by atomic mass is 32.3. The summed E-state index contributed by atoms with van der Waals surface area (Å²) in [5, 5.41) is 16.1. The first kappa shape index (κ1) is 25.1. The molecule has 5 N–H and O–H groups in total. The number of nitrogens with one attached hydrogen (secondary N) is 2. The highest BCUT2D eigenvalue weighted by Crippen LogP contribution is 2.64. The molecule has 1 heterocycles. The monoisotopic (exact) mass is 482 g/mol. The number of anilines is 3. The molecule has 0 fully saturated rings. The number of nitrogens with zero attached hydrogens (tertiary/aromatic N) is 2. The van der Waals surface area contributed by atoms with Crippen LogP contribution in [0.1, 0.15) is 27.2 Å². The minimum absolute atomic E-state index is 0.0274. The molecule has 0 saturated carbocycles. The Morgan fingerprint density at radius 1 is 1.09 bits per heavy atom. The molecule has 1 aliphatic heterocycles. The van der Waals surface area contributed by atoms with Crippen LogP contribution in [0.4, 0.5) is 26.2 Å². The number of aliphatic hydroxyl groups excluding tert-OH is 1. The number of hydrogen-bond acceptors (Lipinski definition) is 8. The van der Waals surface area contributed by atoms with Crippen molar-refractivity contribution in [1.82, 2.24) is 10.6 Å². The maximum atomic E-state index is 14.5. The van der Waals surface area contributed by atoms with Crippen molar-refractivity contribution in [3.8, 4) is 0 Å². The van der Waals surface area contributed by atoms with Crippen molar-refractivity contribution in [3.05, 3.63) is 54.3 Å². The number of amides is 1. The van der Waals surface area contributed by atoms with Gasteiger partial charge in [-0.3, -0.25) is 18.7 Å². The summed E-state index contributed by atoms with van der Waals surface area (Å²) in [5.41, 5.74) is 0.273. The predicted molar refractivity (Wildman–Crippen MR) is 128 cm³/mol. The van der Waals surface area contributed by atoms with Crippen molar-refractivity contribution in [2.24, 2.45) is 0 Å². The fraction of sp³-hybridized carbons (Fsp3) is 0.409. The van der Waals surface area contributed by atoms with Crippen LogP contribution in [0.5, 0.6) is 0 Å². The van der Waals surface area contributed by atoms with Crippen molar-refractivity contribution in [3.63, 3.8) is 0 Å². The van der Waals surface area contributed by atoms with E-state index in [0.717, 1.165) is 0 Å². The van der Waals surface area contributed by atoms with Gasteiger partial charge >= 0.3 is 6.09 Å². The van der Waals surface area contributed by atoms with Crippen molar-refractivity contribution in [1.29, 1.82) is 0 Å². The average molecular weight is 483 g/mol. The molecule has 33 heavy (non-hydrogen) atoms. The van der Waals surface area contributed by atoms with E-state index in [0.29, 0.717) is 11.4 Å². The number of hydrogen-bond donors (Lipinski definition) is 5. The average Bonchev–Trinajstić information content (AvgIpc) is 2.95. The fourth-order valence-electron chi connectivity index (χ4n) is 3.54. The van der Waals surface area contributed by atoms with Crippen LogP contribution >= 0.6 is 11.0 Å². The van der Waals surface area contributed by atoms with E-state index in [1.165, 1.54) is 26.8 Å². The van der Waals surface area contributed by atoms with Gasteiger partial charge < -0.3 is 15.2 Å². The lowest BCUT2D eigenvalue weighted by Gasteiger charge is -2.44. The van der Waals surface area contributed by atoms with Crippen molar-refractivity contribution < 1.29 is 28.1 Å². The van der Waals surface area contributed by atoms with E-state index in [9.17, 15) is 23.4 Å². The van der Waals surface area contributed by atoms with Gasteiger partial charge in [0, 0.05) is 6.54 Å². The highest BCUT2D eigenvalue weighted by Gasteiger charge is 2.42. The Kier molecular flexibility index (Phi) is 7.39. The number of halogens is 1. The maximum absolute atomic E-state index is 14.5. The zero-order valence-electron chi connectivity index (χ0n) is 19.0. The molecular formula is C22H31FN4O5S. The summed E-state index contributed by atoms with van der Waals surface area (Å²) in [4.78, 5) is 12.1. The molecule has 0 spiro atoms. The Hall–Kier alpha value is -2.57. The zero-order chi connectivity index (χ0) is 24.4. The second-order valence-electron chi connectivity index (χ2n) is 8.60. The Morgan fingerprint density at radius 3 is 2.24 bits per heavy atom. The van der Waals surface area contributed by atoms with Gasteiger partial charge in [0.05, 0.1) is 17.5 Å². The van der Waals surface area contributed by atoms with E-state index in [1.807, 2.05) is 0 Å². The normalized spacial score (nSPS) is 17.8. The van der Waals surface area contributed by atoms with Crippen LogP contribution in [0.15, 0.2) is 48.5 Å². The number of fused-ring (bicyclic) bond motifs is 1. The molecule has 2 aromatic rings. The van der Waals surface area contributed by atoms with Crippen LogP contribution in [-0.2, 0) is 4.74 Å². The van der Waals surface area contributed by atoms with Crippen LogP contribution in [0.25, 0.3) is 0 Å². The number of alkyl carbamates (subject to hydrolysis) is 1. The first-order chi connectivity index (χ1) is 15.5. The number of para-hydroxylation sites is 3. The molecule has 0 radical (unpaired) electrons. The van der Waals surface area contributed by atoms with Gasteiger partial charge in [0.2, 0.25) is 0 Å². The van der Waals surface area contributed by atoms with Gasteiger partial charge in [-0.1, -0.05) is 24.3 Å². The molecule has 182 valence electrons. The van der Waals surface area contributed by atoms with Crippen LogP contribution in [0, 0.1) is 5.82 Å². The van der Waals surface area contributed by atoms with Gasteiger partial charge in [0.15, 0.2) is 0 Å². The standard InChI is InChI=1S/C22H31FN4O5S/c1-22(2,3)32-21(29)25-20(24-4)19(28)13-14-26-17-11-7-8-12-18(17)27(33(26,30)31)16-10-6-5-9-15(16)23/h5-12,19-20,24,28,30-31H,13-14H2,1-4H3,(H,25,29). The van der Waals surface area contributed by atoms with Crippen LogP contribution in [0.2, 0.25) is 0 Å². The van der Waals surface area contributed by atoms with Crippen LogP contribution in [0.3, 0.4) is 0 Å². The van der Waals surface area contributed by atoms with Crippen LogP contribution in [-0.4, -0.2) is 51.8 Å². The molecule has 11 heteroatoms. The van der Waals surface area contributed by atoms with Gasteiger partial charge in [0.1, 0.15) is 23.3 Å². The second kappa shape index (κ2) is 9.74. The van der Waals surface area contributed by atoms with E-state index in [1.54, 1.807) is 58.2 Å². The number of rotatable bonds is 7. The first-order valence-corrected chi connectivity index (χ1v) is 12.0. The molecule has 9 nitrogen and oxygen atoms in total. The summed E-state index contributed by atoms with van der Waals surface area (Å²) in [6.07, 6.45) is -2.53. The summed E-state index contributed by atoms with van der Waals surface area (Å²) in [6.45, 7) is 5.22. The number of likely N-dealkylation sites (N-methyl/N-ethyl adjacent to an activating group) is 1. The smallest absolute Gasteiger partial charge is 0.408 e. The predicted octanol–water partition coefficient (Wildman–Crippen LogP) is 4.19. The number of carbonyl (C=O) groups excluding carboxylic acids is 1. The zero-order valence-corrected chi connectivity index (χ0v) is 19.8. The summed E-state index contributed by atoms with van der Waals surface area (Å²) in [5.74, 6) is -0.592. The Balaban J connectivity index is 1.78. The van der Waals surface area contributed by atoms with E-state index < -0.39 is 40.7 Å². The molecular weight excluding hydrogens is 451 g/mol. The van der Waals surface area contributed by atoms with Gasteiger partial charge in [-0.2, -0.15) is 0 Å². The van der Waals surface area contributed by atoms with Crippen molar-refractivity contribution in [2.45, 2.75) is 45.1 Å². The Morgan fingerprint density at radius 2 is 1.67 bits per heavy atom.